The lowest BCUT2D eigenvalue weighted by molar-refractivity contribution is -0.144. The van der Waals surface area contributed by atoms with E-state index in [-0.39, 0.29) is 0 Å². The molecule has 0 saturated carbocycles. The molecule has 0 spiro atoms. The zero-order valence-electron chi connectivity index (χ0n) is 14.3. The number of carboxylic acid groups (broad SMARTS) is 1. The Balaban J connectivity index is 1.97. The molecule has 0 fully saturated rings. The van der Waals surface area contributed by atoms with Crippen molar-refractivity contribution in [2.24, 2.45) is 5.73 Å². The lowest BCUT2D eigenvalue weighted by Crippen LogP contribution is -2.46. The summed E-state index contributed by atoms with van der Waals surface area (Å²) >= 11 is 1.60. The molecule has 5 heteroatoms. The van der Waals surface area contributed by atoms with Crippen molar-refractivity contribution in [2.45, 2.75) is 24.7 Å². The van der Waals surface area contributed by atoms with E-state index < -0.39 is 23.7 Å². The lowest BCUT2D eigenvalue weighted by Gasteiger charge is -2.35. The van der Waals surface area contributed by atoms with E-state index in [9.17, 15) is 9.90 Å². The van der Waals surface area contributed by atoms with Gasteiger partial charge >= 0.3 is 5.97 Å². The average Bonchev–Trinajstić information content (AvgIpc) is 3.28. The van der Waals surface area contributed by atoms with Crippen LogP contribution in [0.15, 0.2) is 66.0 Å². The zero-order valence-corrected chi connectivity index (χ0v) is 15.1. The van der Waals surface area contributed by atoms with Crippen molar-refractivity contribution in [2.75, 3.05) is 0 Å². The van der Waals surface area contributed by atoms with Crippen molar-refractivity contribution >= 4 is 17.3 Å². The summed E-state index contributed by atoms with van der Waals surface area (Å²) in [6.45, 7) is 1.72. The van der Waals surface area contributed by atoms with Crippen LogP contribution in [0.2, 0.25) is 0 Å². The van der Waals surface area contributed by atoms with Gasteiger partial charge < -0.3 is 15.6 Å². The van der Waals surface area contributed by atoms with Crippen molar-refractivity contribution in [1.29, 1.82) is 0 Å². The molecule has 2 atom stereocenters. The molecule has 1 aliphatic rings. The normalized spacial score (nSPS) is 16.5. The fourth-order valence-electron chi connectivity index (χ4n) is 3.68. The van der Waals surface area contributed by atoms with E-state index >= 15 is 0 Å². The van der Waals surface area contributed by atoms with Crippen molar-refractivity contribution in [3.63, 3.8) is 0 Å². The summed E-state index contributed by atoms with van der Waals surface area (Å²) in [5.74, 6) is -1.07. The molecule has 26 heavy (non-hydrogen) atoms. The lowest BCUT2D eigenvalue weighted by atomic mass is 9.89. The minimum Gasteiger partial charge on any atom is -0.480 e. The molecular formula is C21H19NO3S. The third kappa shape index (κ3) is 2.40. The molecule has 4 rings (SSSR count). The van der Waals surface area contributed by atoms with Gasteiger partial charge in [0.05, 0.1) is 6.10 Å². The highest BCUT2D eigenvalue weighted by atomic mass is 32.1. The average molecular weight is 365 g/mol. The van der Waals surface area contributed by atoms with Crippen LogP contribution < -0.4 is 5.73 Å². The van der Waals surface area contributed by atoms with E-state index in [1.807, 2.05) is 53.9 Å². The van der Waals surface area contributed by atoms with Crippen LogP contribution in [0.4, 0.5) is 0 Å². The number of ether oxygens (including phenoxy) is 1. The molecule has 132 valence electrons. The fraction of sp³-hybridized carbons (Fsp3) is 0.190. The van der Waals surface area contributed by atoms with Gasteiger partial charge in [0.2, 0.25) is 0 Å². The third-order valence-electron chi connectivity index (χ3n) is 4.92. The Bertz CT molecular complexity index is 906. The molecule has 0 saturated heterocycles. The summed E-state index contributed by atoms with van der Waals surface area (Å²) in [7, 11) is 0. The van der Waals surface area contributed by atoms with Crippen LogP contribution in [0.25, 0.3) is 11.1 Å². The molecule has 0 unspecified atom stereocenters. The first-order valence-corrected chi connectivity index (χ1v) is 9.33. The van der Waals surface area contributed by atoms with Crippen LogP contribution >= 0.6 is 11.3 Å². The van der Waals surface area contributed by atoms with Gasteiger partial charge in [-0.05, 0) is 29.5 Å². The summed E-state index contributed by atoms with van der Waals surface area (Å²) in [5.41, 5.74) is 9.27. The number of benzene rings is 2. The molecule has 0 bridgehead atoms. The largest absolute Gasteiger partial charge is 0.480 e. The predicted octanol–water partition coefficient (Wildman–Crippen LogP) is 3.84. The molecule has 3 N–H and O–H groups in total. The number of hydrogen-bond donors (Lipinski definition) is 2. The first-order valence-electron chi connectivity index (χ1n) is 8.45. The Morgan fingerprint density at radius 2 is 1.62 bits per heavy atom. The second-order valence-corrected chi connectivity index (χ2v) is 7.38. The summed E-state index contributed by atoms with van der Waals surface area (Å²) in [6.07, 6.45) is -0.672. The maximum Gasteiger partial charge on any atom is 0.323 e. The second kappa shape index (κ2) is 6.36. The van der Waals surface area contributed by atoms with Gasteiger partial charge in [-0.15, -0.1) is 11.3 Å². The van der Waals surface area contributed by atoms with Gasteiger partial charge in [-0.1, -0.05) is 54.6 Å². The van der Waals surface area contributed by atoms with Crippen LogP contribution in [-0.4, -0.2) is 23.2 Å². The van der Waals surface area contributed by atoms with Gasteiger partial charge in [-0.3, -0.25) is 4.79 Å². The molecular weight excluding hydrogens is 346 g/mol. The number of fused-ring (bicyclic) bond motifs is 3. The smallest absolute Gasteiger partial charge is 0.323 e. The molecule has 0 amide bonds. The number of rotatable bonds is 5. The number of carboxylic acids is 1. The standard InChI is InChI=1S/C21H19NO3S/c1-13(19(22)20(23)24)25-21(18-11-6-12-26-18)16-9-4-2-7-14(16)15-8-3-5-10-17(15)21/h2-13,19H,22H2,1H3,(H,23,24)/t13-,19+/m1/s1. The van der Waals surface area contributed by atoms with Crippen LogP contribution in [0, 0.1) is 0 Å². The predicted molar refractivity (Wildman–Crippen MR) is 102 cm³/mol. The Hall–Kier alpha value is -2.47. The monoisotopic (exact) mass is 365 g/mol. The van der Waals surface area contributed by atoms with E-state index in [0.717, 1.165) is 27.1 Å². The molecule has 0 radical (unpaired) electrons. The van der Waals surface area contributed by atoms with Crippen molar-refractivity contribution < 1.29 is 14.6 Å². The second-order valence-electron chi connectivity index (χ2n) is 6.44. The molecule has 1 aromatic heterocycles. The zero-order chi connectivity index (χ0) is 18.3. The first-order chi connectivity index (χ1) is 12.6. The molecule has 1 heterocycles. The quantitative estimate of drug-likeness (QED) is 0.721. The SMILES string of the molecule is C[C@@H](OC1(c2cccs2)c2ccccc2-c2ccccc21)[C@H](N)C(=O)O. The Kier molecular flexibility index (Phi) is 4.15. The van der Waals surface area contributed by atoms with Gasteiger partial charge in [0.1, 0.15) is 6.04 Å². The van der Waals surface area contributed by atoms with Crippen molar-refractivity contribution in [3.05, 3.63) is 82.0 Å². The first kappa shape index (κ1) is 17.0. The van der Waals surface area contributed by atoms with Gasteiger partial charge in [-0.25, -0.2) is 0 Å². The van der Waals surface area contributed by atoms with Crippen LogP contribution in [-0.2, 0) is 15.1 Å². The van der Waals surface area contributed by atoms with Gasteiger partial charge in [0.25, 0.3) is 0 Å². The number of thiophene rings is 1. The van der Waals surface area contributed by atoms with E-state index in [1.54, 1.807) is 18.3 Å². The topological polar surface area (TPSA) is 72.5 Å². The highest BCUT2D eigenvalue weighted by Crippen LogP contribution is 2.54. The number of aliphatic carboxylic acids is 1. The molecule has 2 aromatic carbocycles. The number of hydrogen-bond acceptors (Lipinski definition) is 4. The number of carbonyl (C=O) groups is 1. The van der Waals surface area contributed by atoms with Gasteiger partial charge in [0.15, 0.2) is 5.60 Å². The maximum absolute atomic E-state index is 11.4. The molecule has 1 aliphatic carbocycles. The third-order valence-corrected chi connectivity index (χ3v) is 5.90. The molecule has 3 aromatic rings. The van der Waals surface area contributed by atoms with Crippen molar-refractivity contribution in [1.82, 2.24) is 0 Å². The van der Waals surface area contributed by atoms with Crippen LogP contribution in [0.5, 0.6) is 0 Å². The van der Waals surface area contributed by atoms with Gasteiger partial charge in [-0.2, -0.15) is 0 Å². The van der Waals surface area contributed by atoms with Crippen LogP contribution in [0.3, 0.4) is 0 Å². The van der Waals surface area contributed by atoms with E-state index in [1.165, 1.54) is 0 Å². The minimum atomic E-state index is -1.10. The Morgan fingerprint density at radius 3 is 2.12 bits per heavy atom. The van der Waals surface area contributed by atoms with E-state index in [4.69, 9.17) is 10.5 Å². The Labute approximate surface area is 155 Å². The Morgan fingerprint density at radius 1 is 1.04 bits per heavy atom. The summed E-state index contributed by atoms with van der Waals surface area (Å²) in [6, 6.07) is 19.1. The fourth-order valence-corrected chi connectivity index (χ4v) is 4.57. The van der Waals surface area contributed by atoms with E-state index in [2.05, 4.69) is 12.1 Å². The summed E-state index contributed by atoms with van der Waals surface area (Å²) in [5, 5.41) is 11.3. The highest BCUT2D eigenvalue weighted by Gasteiger charge is 2.48. The molecule has 0 aliphatic heterocycles. The van der Waals surface area contributed by atoms with Crippen LogP contribution in [0.1, 0.15) is 22.9 Å². The van der Waals surface area contributed by atoms with E-state index in [0.29, 0.717) is 0 Å². The summed E-state index contributed by atoms with van der Waals surface area (Å²) < 4.78 is 6.52. The van der Waals surface area contributed by atoms with Gasteiger partial charge in [0, 0.05) is 16.0 Å². The maximum atomic E-state index is 11.4. The van der Waals surface area contributed by atoms with Crippen molar-refractivity contribution in [3.8, 4) is 11.1 Å². The minimum absolute atomic E-state index is 0.672. The highest BCUT2D eigenvalue weighted by molar-refractivity contribution is 7.10. The summed E-state index contributed by atoms with van der Waals surface area (Å²) in [4.78, 5) is 12.4. The molecule has 4 nitrogen and oxygen atoms in total. The number of nitrogens with two attached hydrogens (primary N) is 1.